The molecule has 0 aliphatic rings. The summed E-state index contributed by atoms with van der Waals surface area (Å²) in [6, 6.07) is 16.8. The number of hydrogen-bond donors (Lipinski definition) is 2. The lowest BCUT2D eigenvalue weighted by molar-refractivity contribution is -0.385. The van der Waals surface area contributed by atoms with Gasteiger partial charge in [0.05, 0.1) is 17.7 Å². The van der Waals surface area contributed by atoms with Crippen molar-refractivity contribution in [2.75, 3.05) is 11.9 Å². The van der Waals surface area contributed by atoms with Crippen LogP contribution in [0.5, 0.6) is 5.75 Å². The van der Waals surface area contributed by atoms with Gasteiger partial charge in [0.2, 0.25) is 0 Å². The molecule has 3 rings (SSSR count). The molecule has 0 aliphatic carbocycles. The van der Waals surface area contributed by atoms with E-state index in [4.69, 9.17) is 0 Å². The summed E-state index contributed by atoms with van der Waals surface area (Å²) < 4.78 is 0. The number of carbonyl (C=O) groups is 1. The molecule has 0 bridgehead atoms. The Labute approximate surface area is 154 Å². The summed E-state index contributed by atoms with van der Waals surface area (Å²) >= 11 is 0. The van der Waals surface area contributed by atoms with Crippen LogP contribution in [0.25, 0.3) is 10.8 Å². The zero-order chi connectivity index (χ0) is 19.2. The van der Waals surface area contributed by atoms with E-state index in [0.29, 0.717) is 0 Å². The number of fused-ring (bicyclic) bond motifs is 1. The highest BCUT2D eigenvalue weighted by Crippen LogP contribution is 2.22. The zero-order valence-electron chi connectivity index (χ0n) is 14.1. The van der Waals surface area contributed by atoms with Gasteiger partial charge in [-0.05, 0) is 17.0 Å². The summed E-state index contributed by atoms with van der Waals surface area (Å²) in [5.74, 6) is -0.843. The Kier molecular flexibility index (Phi) is 5.27. The van der Waals surface area contributed by atoms with Crippen LogP contribution >= 0.6 is 0 Å². The quantitative estimate of drug-likeness (QED) is 0.396. The monoisotopic (exact) mass is 363 g/mol. The smallest absolute Gasteiger partial charge is 0.270 e. The van der Waals surface area contributed by atoms with Crippen molar-refractivity contribution in [2.45, 2.75) is 0 Å². The molecule has 2 N–H and O–H groups in total. The van der Waals surface area contributed by atoms with Gasteiger partial charge in [-0.1, -0.05) is 48.2 Å². The lowest BCUT2D eigenvalue weighted by Crippen LogP contribution is -2.26. The van der Waals surface area contributed by atoms with E-state index in [-0.39, 0.29) is 17.8 Å². The molecule has 0 atom stereocenters. The van der Waals surface area contributed by atoms with Crippen molar-refractivity contribution >= 4 is 34.3 Å². The number of hydrogen-bond acceptors (Lipinski definition) is 6. The molecule has 0 aliphatic heterocycles. The zero-order valence-corrected chi connectivity index (χ0v) is 14.1. The summed E-state index contributed by atoms with van der Waals surface area (Å²) in [6.07, 6.45) is 1.09. The topological polar surface area (TPSA) is 120 Å². The van der Waals surface area contributed by atoms with E-state index in [1.807, 2.05) is 42.5 Å². The van der Waals surface area contributed by atoms with Gasteiger partial charge >= 0.3 is 0 Å². The highest BCUT2D eigenvalue weighted by Gasteiger charge is 2.06. The second kappa shape index (κ2) is 7.96. The van der Waals surface area contributed by atoms with Crippen LogP contribution in [-0.4, -0.2) is 23.6 Å². The number of nitrogens with one attached hydrogen (secondary N) is 2. The molecule has 8 heteroatoms. The highest BCUT2D eigenvalue weighted by atomic mass is 16.6. The Balaban J connectivity index is 1.61. The first-order valence-electron chi connectivity index (χ1n) is 8.03. The van der Waals surface area contributed by atoms with Gasteiger partial charge in [-0.15, -0.1) is 0 Å². The maximum atomic E-state index is 11.9. The van der Waals surface area contributed by atoms with E-state index in [9.17, 15) is 20.0 Å². The molecule has 0 heterocycles. The summed E-state index contributed by atoms with van der Waals surface area (Å²) in [5.41, 5.74) is 2.90. The molecule has 0 aromatic heterocycles. The van der Waals surface area contributed by atoms with Crippen molar-refractivity contribution in [1.29, 1.82) is 0 Å². The second-order valence-electron chi connectivity index (χ2n) is 5.65. The number of anilines is 1. The number of amides is 1. The summed E-state index contributed by atoms with van der Waals surface area (Å²) in [5, 5.41) is 31.2. The van der Waals surface area contributed by atoms with Crippen molar-refractivity contribution in [3.63, 3.8) is 0 Å². The summed E-state index contributed by atoms with van der Waals surface area (Å²) in [7, 11) is 0. The summed E-state index contributed by atoms with van der Waals surface area (Å²) in [6.45, 7) is -0.0233. The van der Waals surface area contributed by atoms with Crippen LogP contribution in [0.2, 0.25) is 0 Å². The largest absolute Gasteiger partial charge is 0.872 e. The fraction of sp³-hybridized carbons (Fsp3) is 0.0526. The number of rotatable bonds is 6. The minimum Gasteiger partial charge on any atom is -0.872 e. The lowest BCUT2D eigenvalue weighted by Gasteiger charge is -2.10. The van der Waals surface area contributed by atoms with Crippen molar-refractivity contribution in [3.05, 3.63) is 76.3 Å². The first kappa shape index (κ1) is 17.9. The fourth-order valence-corrected chi connectivity index (χ4v) is 2.52. The maximum Gasteiger partial charge on any atom is 0.270 e. The van der Waals surface area contributed by atoms with Gasteiger partial charge in [0.1, 0.15) is 0 Å². The molecule has 0 fully saturated rings. The predicted octanol–water partition coefficient (Wildman–Crippen LogP) is 2.38. The van der Waals surface area contributed by atoms with Gasteiger partial charge in [-0.2, -0.15) is 5.10 Å². The van der Waals surface area contributed by atoms with Crippen LogP contribution in [0.4, 0.5) is 11.4 Å². The average Bonchev–Trinajstić information content (AvgIpc) is 2.67. The highest BCUT2D eigenvalue weighted by molar-refractivity contribution is 5.95. The third kappa shape index (κ3) is 4.37. The molecular weight excluding hydrogens is 348 g/mol. The minimum atomic E-state index is -0.608. The first-order valence-corrected chi connectivity index (χ1v) is 8.03. The molecule has 1 amide bonds. The van der Waals surface area contributed by atoms with Crippen molar-refractivity contribution in [2.24, 2.45) is 5.10 Å². The molecule has 3 aromatic carbocycles. The van der Waals surface area contributed by atoms with E-state index in [1.54, 1.807) is 0 Å². The van der Waals surface area contributed by atoms with Gasteiger partial charge in [-0.3, -0.25) is 14.9 Å². The molecule has 0 saturated heterocycles. The Hall–Kier alpha value is -3.94. The van der Waals surface area contributed by atoms with Gasteiger partial charge in [-0.25, -0.2) is 5.43 Å². The van der Waals surface area contributed by atoms with E-state index >= 15 is 0 Å². The van der Waals surface area contributed by atoms with Crippen molar-refractivity contribution < 1.29 is 14.8 Å². The molecule has 0 spiro atoms. The third-order valence-electron chi connectivity index (χ3n) is 3.83. The summed E-state index contributed by atoms with van der Waals surface area (Å²) in [4.78, 5) is 22.1. The van der Waals surface area contributed by atoms with Gasteiger partial charge in [0.25, 0.3) is 11.6 Å². The number of non-ortho nitro benzene ring substituents is 1. The van der Waals surface area contributed by atoms with Crippen molar-refractivity contribution in [1.82, 2.24) is 5.43 Å². The van der Waals surface area contributed by atoms with Crippen molar-refractivity contribution in [3.8, 4) is 5.75 Å². The molecule has 136 valence electrons. The lowest BCUT2D eigenvalue weighted by atomic mass is 10.1. The van der Waals surface area contributed by atoms with Crippen LogP contribution in [0, 0.1) is 10.1 Å². The number of carbonyl (C=O) groups excluding carboxylic acids is 1. The average molecular weight is 363 g/mol. The Bertz CT molecular complexity index is 1030. The van der Waals surface area contributed by atoms with Crippen LogP contribution < -0.4 is 15.8 Å². The van der Waals surface area contributed by atoms with Gasteiger partial charge in [0.15, 0.2) is 0 Å². The molecule has 0 radical (unpaired) electrons. The van der Waals surface area contributed by atoms with Crippen LogP contribution in [0.1, 0.15) is 5.56 Å². The molecular formula is C19H15N4O4-. The third-order valence-corrected chi connectivity index (χ3v) is 3.83. The number of hydrazone groups is 1. The predicted molar refractivity (Wildman–Crippen MR) is 101 cm³/mol. The molecule has 3 aromatic rings. The Morgan fingerprint density at radius 3 is 2.70 bits per heavy atom. The van der Waals surface area contributed by atoms with E-state index < -0.39 is 16.6 Å². The standard InChI is InChI=1S/C19H16N4O4/c24-18-9-8-15(23(26)27)10-14(18)11-21-22-19(25)12-20-17-7-3-5-13-4-1-2-6-16(13)17/h1-11,20,24H,12H2,(H,22,25)/p-1/b21-11-. The number of nitro groups is 1. The van der Waals surface area contributed by atoms with E-state index in [1.165, 1.54) is 0 Å². The molecule has 8 nitrogen and oxygen atoms in total. The number of nitrogens with zero attached hydrogens (tertiary/aromatic N) is 2. The van der Waals surface area contributed by atoms with Gasteiger partial charge in [0, 0.05) is 23.2 Å². The number of nitro benzene ring substituents is 1. The SMILES string of the molecule is O=C(CNc1cccc2ccccc12)N/N=C\c1cc([N+](=O)[O-])ccc1[O-]. The minimum absolute atomic E-state index is 0.0199. The number of benzene rings is 3. The molecule has 0 unspecified atom stereocenters. The maximum absolute atomic E-state index is 11.9. The molecule has 0 saturated carbocycles. The van der Waals surface area contributed by atoms with Gasteiger partial charge < -0.3 is 10.4 Å². The first-order chi connectivity index (χ1) is 13.0. The normalized spacial score (nSPS) is 10.8. The second-order valence-corrected chi connectivity index (χ2v) is 5.65. The van der Waals surface area contributed by atoms with E-state index in [0.717, 1.165) is 40.9 Å². The van der Waals surface area contributed by atoms with Crippen LogP contribution in [0.3, 0.4) is 0 Å². The van der Waals surface area contributed by atoms with Crippen LogP contribution in [-0.2, 0) is 4.79 Å². The van der Waals surface area contributed by atoms with E-state index in [2.05, 4.69) is 15.8 Å². The Morgan fingerprint density at radius 2 is 1.89 bits per heavy atom. The molecule has 27 heavy (non-hydrogen) atoms. The fourth-order valence-electron chi connectivity index (χ4n) is 2.52. The Morgan fingerprint density at radius 1 is 1.11 bits per heavy atom. The van der Waals surface area contributed by atoms with Crippen LogP contribution in [0.15, 0.2) is 65.8 Å².